The molecule has 0 amide bonds. The molecule has 1 aliphatic rings. The van der Waals surface area contributed by atoms with Gasteiger partial charge in [0.15, 0.2) is 5.13 Å². The summed E-state index contributed by atoms with van der Waals surface area (Å²) in [5.74, 6) is 1.56. The monoisotopic (exact) mass is 324 g/mol. The second-order valence-electron chi connectivity index (χ2n) is 5.40. The van der Waals surface area contributed by atoms with Crippen LogP contribution in [0.4, 0.5) is 16.6 Å². The first kappa shape index (κ1) is 14.1. The van der Waals surface area contributed by atoms with Crippen LogP contribution in [-0.2, 0) is 0 Å². The van der Waals surface area contributed by atoms with Crippen molar-refractivity contribution in [3.63, 3.8) is 0 Å². The molecule has 1 N–H and O–H groups in total. The summed E-state index contributed by atoms with van der Waals surface area (Å²) < 4.78 is 0. The molecule has 116 valence electrons. The van der Waals surface area contributed by atoms with Gasteiger partial charge in [0.05, 0.1) is 23.6 Å². The highest BCUT2D eigenvalue weighted by atomic mass is 32.1. The quantitative estimate of drug-likeness (QED) is 0.794. The molecule has 0 bridgehead atoms. The average molecular weight is 324 g/mol. The Morgan fingerprint density at radius 1 is 1.30 bits per heavy atom. The van der Waals surface area contributed by atoms with Gasteiger partial charge < -0.3 is 10.2 Å². The summed E-state index contributed by atoms with van der Waals surface area (Å²) in [4.78, 5) is 19.9. The molecule has 4 rings (SSSR count). The van der Waals surface area contributed by atoms with E-state index in [0.29, 0.717) is 0 Å². The largest absolute Gasteiger partial charge is 0.362 e. The van der Waals surface area contributed by atoms with Crippen molar-refractivity contribution in [2.75, 3.05) is 16.8 Å². The van der Waals surface area contributed by atoms with E-state index in [1.54, 1.807) is 23.7 Å². The summed E-state index contributed by atoms with van der Waals surface area (Å²) in [6, 6.07) is 6.34. The fourth-order valence-corrected chi connectivity index (χ4v) is 3.28. The van der Waals surface area contributed by atoms with Crippen molar-refractivity contribution in [1.82, 2.24) is 19.9 Å². The van der Waals surface area contributed by atoms with Crippen LogP contribution in [0.2, 0.25) is 0 Å². The van der Waals surface area contributed by atoms with E-state index in [4.69, 9.17) is 0 Å². The predicted molar refractivity (Wildman–Crippen MR) is 91.1 cm³/mol. The Labute approximate surface area is 138 Å². The number of pyridine rings is 1. The molecule has 3 aromatic rings. The van der Waals surface area contributed by atoms with Crippen LogP contribution >= 0.6 is 11.3 Å². The second-order valence-corrected chi connectivity index (χ2v) is 6.29. The Bertz CT molecular complexity index is 790. The first-order chi connectivity index (χ1) is 11.3. The molecule has 0 spiro atoms. The topological polar surface area (TPSA) is 66.8 Å². The number of hydrogen-bond donors (Lipinski definition) is 1. The van der Waals surface area contributed by atoms with Crippen LogP contribution in [0.3, 0.4) is 0 Å². The predicted octanol–water partition coefficient (Wildman–Crippen LogP) is 3.33. The van der Waals surface area contributed by atoms with Crippen molar-refractivity contribution < 1.29 is 0 Å². The molecule has 0 aromatic carbocycles. The first-order valence-electron chi connectivity index (χ1n) is 7.48. The number of nitrogens with one attached hydrogen (secondary N) is 1. The van der Waals surface area contributed by atoms with Crippen LogP contribution in [-0.4, -0.2) is 26.5 Å². The third-order valence-corrected chi connectivity index (χ3v) is 4.55. The standard InChI is InChI=1S/C16H16N6S/c1-11-19-13(9-15(20-11)21-16-18-6-8-23-16)14-4-7-22(14)12-3-2-5-17-10-12/h2-3,5-6,8-10,14H,4,7H2,1H3,(H,18,19,20,21)/t14-/m1/s1. The van der Waals surface area contributed by atoms with Gasteiger partial charge in [0.2, 0.25) is 0 Å². The molecule has 0 radical (unpaired) electrons. The van der Waals surface area contributed by atoms with Crippen molar-refractivity contribution in [2.45, 2.75) is 19.4 Å². The lowest BCUT2D eigenvalue weighted by Gasteiger charge is -2.42. The first-order valence-corrected chi connectivity index (χ1v) is 8.36. The minimum absolute atomic E-state index is 0.276. The van der Waals surface area contributed by atoms with Crippen molar-refractivity contribution in [1.29, 1.82) is 0 Å². The van der Waals surface area contributed by atoms with Gasteiger partial charge in [0.1, 0.15) is 11.6 Å². The third kappa shape index (κ3) is 2.87. The maximum absolute atomic E-state index is 4.63. The van der Waals surface area contributed by atoms with E-state index < -0.39 is 0 Å². The Hall–Kier alpha value is -2.54. The highest BCUT2D eigenvalue weighted by Gasteiger charge is 2.31. The summed E-state index contributed by atoms with van der Waals surface area (Å²) in [6.07, 6.45) is 6.55. The number of hydrogen-bond acceptors (Lipinski definition) is 7. The fourth-order valence-electron chi connectivity index (χ4n) is 2.75. The van der Waals surface area contributed by atoms with Gasteiger partial charge in [0, 0.05) is 30.4 Å². The molecule has 6 nitrogen and oxygen atoms in total. The van der Waals surface area contributed by atoms with E-state index in [-0.39, 0.29) is 6.04 Å². The molecule has 3 aromatic heterocycles. The van der Waals surface area contributed by atoms with Gasteiger partial charge in [-0.3, -0.25) is 4.98 Å². The van der Waals surface area contributed by atoms with Crippen molar-refractivity contribution in [3.05, 3.63) is 53.7 Å². The Morgan fingerprint density at radius 2 is 2.26 bits per heavy atom. The summed E-state index contributed by atoms with van der Waals surface area (Å²) in [5.41, 5.74) is 2.17. The van der Waals surface area contributed by atoms with Gasteiger partial charge in [-0.05, 0) is 25.5 Å². The zero-order chi connectivity index (χ0) is 15.6. The molecule has 4 heterocycles. The van der Waals surface area contributed by atoms with Crippen molar-refractivity contribution >= 4 is 28.0 Å². The maximum Gasteiger partial charge on any atom is 0.188 e. The third-order valence-electron chi connectivity index (χ3n) is 3.86. The molecule has 1 fully saturated rings. The summed E-state index contributed by atoms with van der Waals surface area (Å²) >= 11 is 1.55. The SMILES string of the molecule is Cc1nc(Nc2nccs2)cc([C@H]2CCN2c2cccnc2)n1. The minimum atomic E-state index is 0.276. The van der Waals surface area contributed by atoms with Crippen LogP contribution < -0.4 is 10.2 Å². The highest BCUT2D eigenvalue weighted by molar-refractivity contribution is 7.13. The number of thiazole rings is 1. The van der Waals surface area contributed by atoms with Gasteiger partial charge in [-0.2, -0.15) is 0 Å². The number of aromatic nitrogens is 4. The molecule has 7 heteroatoms. The van der Waals surface area contributed by atoms with Crippen molar-refractivity contribution in [2.24, 2.45) is 0 Å². The number of rotatable bonds is 4. The van der Waals surface area contributed by atoms with Gasteiger partial charge in [0.25, 0.3) is 0 Å². The van der Waals surface area contributed by atoms with Gasteiger partial charge in [-0.15, -0.1) is 11.3 Å². The molecule has 1 saturated heterocycles. The van der Waals surface area contributed by atoms with Gasteiger partial charge in [-0.1, -0.05) is 0 Å². The Kier molecular flexibility index (Phi) is 3.63. The lowest BCUT2D eigenvalue weighted by atomic mass is 9.98. The van der Waals surface area contributed by atoms with Gasteiger partial charge in [-0.25, -0.2) is 15.0 Å². The average Bonchev–Trinajstić information content (AvgIpc) is 2.99. The fraction of sp³-hybridized carbons (Fsp3) is 0.250. The summed E-state index contributed by atoms with van der Waals surface area (Å²) in [5, 5.41) is 6.03. The van der Waals surface area contributed by atoms with E-state index in [1.807, 2.05) is 30.6 Å². The Morgan fingerprint density at radius 3 is 2.96 bits per heavy atom. The van der Waals surface area contributed by atoms with E-state index in [9.17, 15) is 0 Å². The van der Waals surface area contributed by atoms with E-state index in [0.717, 1.165) is 41.1 Å². The zero-order valence-electron chi connectivity index (χ0n) is 12.7. The lowest BCUT2D eigenvalue weighted by molar-refractivity contribution is 0.454. The van der Waals surface area contributed by atoms with Crippen LogP contribution in [0.25, 0.3) is 0 Å². The van der Waals surface area contributed by atoms with Crippen LogP contribution in [0.5, 0.6) is 0 Å². The van der Waals surface area contributed by atoms with E-state index in [1.165, 1.54) is 0 Å². The summed E-state index contributed by atoms with van der Waals surface area (Å²) in [7, 11) is 0. The molecular formula is C16H16N6S. The normalized spacial score (nSPS) is 16.9. The molecule has 0 aliphatic carbocycles. The molecule has 0 unspecified atom stereocenters. The van der Waals surface area contributed by atoms with Gasteiger partial charge >= 0.3 is 0 Å². The smallest absolute Gasteiger partial charge is 0.188 e. The van der Waals surface area contributed by atoms with Crippen LogP contribution in [0, 0.1) is 6.92 Å². The maximum atomic E-state index is 4.63. The molecule has 23 heavy (non-hydrogen) atoms. The number of nitrogens with zero attached hydrogens (tertiary/aromatic N) is 5. The minimum Gasteiger partial charge on any atom is -0.362 e. The molecule has 1 atom stereocenters. The van der Waals surface area contributed by atoms with E-state index >= 15 is 0 Å². The molecule has 1 aliphatic heterocycles. The van der Waals surface area contributed by atoms with Crippen molar-refractivity contribution in [3.8, 4) is 0 Å². The number of anilines is 3. The second kappa shape index (κ2) is 5.92. The molecular weight excluding hydrogens is 308 g/mol. The highest BCUT2D eigenvalue weighted by Crippen LogP contribution is 2.37. The van der Waals surface area contributed by atoms with Crippen LogP contribution in [0.15, 0.2) is 42.2 Å². The van der Waals surface area contributed by atoms with E-state index in [2.05, 4.69) is 36.2 Å². The zero-order valence-corrected chi connectivity index (χ0v) is 13.5. The Balaban J connectivity index is 1.60. The van der Waals surface area contributed by atoms with Crippen LogP contribution in [0.1, 0.15) is 24.0 Å². The molecule has 0 saturated carbocycles. The number of aryl methyl sites for hydroxylation is 1. The summed E-state index contributed by atoms with van der Waals surface area (Å²) in [6.45, 7) is 2.94. The lowest BCUT2D eigenvalue weighted by Crippen LogP contribution is -2.41.